The Balaban J connectivity index is 2.40. The van der Waals surface area contributed by atoms with Gasteiger partial charge in [-0.15, -0.1) is 0 Å². The van der Waals surface area contributed by atoms with Gasteiger partial charge in [-0.1, -0.05) is 6.07 Å². The maximum atomic E-state index is 12.3. The minimum Gasteiger partial charge on any atom is -0.443 e. The van der Waals surface area contributed by atoms with Gasteiger partial charge in [0.2, 0.25) is 0 Å². The largest absolute Gasteiger partial charge is 0.443 e. The van der Waals surface area contributed by atoms with Gasteiger partial charge in [-0.25, -0.2) is 4.79 Å². The maximum absolute atomic E-state index is 12.3. The van der Waals surface area contributed by atoms with Crippen LogP contribution in [0.1, 0.15) is 26.3 Å². The van der Waals surface area contributed by atoms with Gasteiger partial charge in [0.15, 0.2) is 0 Å². The molecule has 0 aromatic heterocycles. The van der Waals surface area contributed by atoms with E-state index in [1.807, 2.05) is 38.8 Å². The molecule has 1 aliphatic heterocycles. The molecule has 0 N–H and O–H groups in total. The van der Waals surface area contributed by atoms with Crippen LogP contribution in [0.2, 0.25) is 0 Å². The Kier molecular flexibility index (Phi) is 3.58. The second-order valence-corrected chi connectivity index (χ2v) is 5.84. The number of anilines is 2. The summed E-state index contributed by atoms with van der Waals surface area (Å²) in [6.07, 6.45) is -0.373. The number of para-hydroxylation sites is 1. The highest BCUT2D eigenvalue weighted by Gasteiger charge is 2.30. The smallest absolute Gasteiger partial charge is 0.414 e. The van der Waals surface area contributed by atoms with Gasteiger partial charge in [-0.3, -0.25) is 4.90 Å². The molecule has 0 saturated carbocycles. The third-order valence-corrected chi connectivity index (χ3v) is 3.08. The maximum Gasteiger partial charge on any atom is 0.414 e. The Bertz CT molecular complexity index is 569. The number of benzene rings is 1. The number of carbonyl (C=O) groups is 1. The molecule has 1 aliphatic rings. The lowest BCUT2D eigenvalue weighted by Gasteiger charge is -2.36. The summed E-state index contributed by atoms with van der Waals surface area (Å²) in [6, 6.07) is 7.56. The lowest BCUT2D eigenvalue weighted by molar-refractivity contribution is 0.0580. The molecule has 1 amide bonds. The minimum atomic E-state index is -0.534. The molecule has 5 heteroatoms. The highest BCUT2D eigenvalue weighted by Crippen LogP contribution is 2.35. The second-order valence-electron chi connectivity index (χ2n) is 5.84. The molecule has 5 nitrogen and oxygen atoms in total. The fourth-order valence-electron chi connectivity index (χ4n) is 2.23. The predicted molar refractivity (Wildman–Crippen MR) is 78.0 cm³/mol. The molecule has 0 aliphatic carbocycles. The van der Waals surface area contributed by atoms with Crippen molar-refractivity contribution in [1.29, 1.82) is 5.26 Å². The Morgan fingerprint density at radius 3 is 2.65 bits per heavy atom. The van der Waals surface area contributed by atoms with Crippen LogP contribution >= 0.6 is 0 Å². The zero-order chi connectivity index (χ0) is 14.9. The first-order chi connectivity index (χ1) is 9.33. The minimum absolute atomic E-state index is 0.373. The van der Waals surface area contributed by atoms with Crippen molar-refractivity contribution in [2.24, 2.45) is 0 Å². The van der Waals surface area contributed by atoms with Gasteiger partial charge >= 0.3 is 6.09 Å². The molecule has 0 bridgehead atoms. The van der Waals surface area contributed by atoms with Crippen LogP contribution in [0.15, 0.2) is 18.2 Å². The molecule has 106 valence electrons. The first kappa shape index (κ1) is 14.2. The van der Waals surface area contributed by atoms with Crippen molar-refractivity contribution in [3.8, 4) is 6.07 Å². The lowest BCUT2D eigenvalue weighted by atomic mass is 10.1. The summed E-state index contributed by atoms with van der Waals surface area (Å²) in [7, 11) is 1.92. The summed E-state index contributed by atoms with van der Waals surface area (Å²) in [5, 5.41) is 9.21. The monoisotopic (exact) mass is 273 g/mol. The van der Waals surface area contributed by atoms with E-state index in [2.05, 4.69) is 6.07 Å². The van der Waals surface area contributed by atoms with Gasteiger partial charge in [0.25, 0.3) is 0 Å². The van der Waals surface area contributed by atoms with Crippen LogP contribution in [0.5, 0.6) is 0 Å². The van der Waals surface area contributed by atoms with Crippen molar-refractivity contribution in [3.63, 3.8) is 0 Å². The van der Waals surface area contributed by atoms with E-state index in [0.29, 0.717) is 18.7 Å². The highest BCUT2D eigenvalue weighted by molar-refractivity contribution is 5.95. The zero-order valence-electron chi connectivity index (χ0n) is 12.3. The average molecular weight is 273 g/mol. The quantitative estimate of drug-likeness (QED) is 0.729. The number of ether oxygens (including phenoxy) is 1. The fraction of sp³-hybridized carbons (Fsp3) is 0.467. The van der Waals surface area contributed by atoms with Crippen LogP contribution in [-0.4, -0.2) is 31.8 Å². The number of fused-ring (bicyclic) bond motifs is 1. The van der Waals surface area contributed by atoms with Crippen LogP contribution in [0.4, 0.5) is 16.2 Å². The lowest BCUT2D eigenvalue weighted by Crippen LogP contribution is -2.45. The second kappa shape index (κ2) is 5.04. The molecule has 0 radical (unpaired) electrons. The molecule has 1 aromatic rings. The number of nitriles is 1. The van der Waals surface area contributed by atoms with E-state index in [-0.39, 0.29) is 6.09 Å². The first-order valence-electron chi connectivity index (χ1n) is 6.58. The molecule has 0 spiro atoms. The summed E-state index contributed by atoms with van der Waals surface area (Å²) in [5.74, 6) is 0. The average Bonchev–Trinajstić information content (AvgIpc) is 2.36. The SMILES string of the molecule is CN1CCN(C(=O)OC(C)(C)C)c2cccc(C#N)c21. The van der Waals surface area contributed by atoms with Crippen molar-refractivity contribution in [2.75, 3.05) is 29.9 Å². The molecule has 1 heterocycles. The van der Waals surface area contributed by atoms with E-state index >= 15 is 0 Å². The Morgan fingerprint density at radius 1 is 1.35 bits per heavy atom. The molecular formula is C15H19N3O2. The summed E-state index contributed by atoms with van der Waals surface area (Å²) < 4.78 is 5.43. The number of nitrogens with zero attached hydrogens (tertiary/aromatic N) is 3. The summed E-state index contributed by atoms with van der Waals surface area (Å²) in [4.78, 5) is 15.9. The predicted octanol–water partition coefficient (Wildman–Crippen LogP) is 2.75. The zero-order valence-corrected chi connectivity index (χ0v) is 12.3. The van der Waals surface area contributed by atoms with Crippen molar-refractivity contribution in [1.82, 2.24) is 0 Å². The van der Waals surface area contributed by atoms with Crippen LogP contribution in [0.3, 0.4) is 0 Å². The number of hydrogen-bond donors (Lipinski definition) is 0. The molecular weight excluding hydrogens is 254 g/mol. The molecule has 0 unspecified atom stereocenters. The molecule has 1 aromatic carbocycles. The Morgan fingerprint density at radius 2 is 2.05 bits per heavy atom. The normalized spacial score (nSPS) is 14.6. The van der Waals surface area contributed by atoms with Crippen molar-refractivity contribution in [2.45, 2.75) is 26.4 Å². The molecule has 0 saturated heterocycles. The van der Waals surface area contributed by atoms with Crippen LogP contribution < -0.4 is 9.80 Å². The third-order valence-electron chi connectivity index (χ3n) is 3.08. The number of hydrogen-bond acceptors (Lipinski definition) is 4. The van der Waals surface area contributed by atoms with Gasteiger partial charge in [0.1, 0.15) is 11.7 Å². The Labute approximate surface area is 119 Å². The van der Waals surface area contributed by atoms with E-state index in [1.165, 1.54) is 0 Å². The highest BCUT2D eigenvalue weighted by atomic mass is 16.6. The van der Waals surface area contributed by atoms with E-state index in [0.717, 1.165) is 11.4 Å². The van der Waals surface area contributed by atoms with Gasteiger partial charge in [-0.05, 0) is 32.9 Å². The third kappa shape index (κ3) is 2.69. The van der Waals surface area contributed by atoms with E-state index < -0.39 is 5.60 Å². The summed E-state index contributed by atoms with van der Waals surface area (Å²) in [6.45, 7) is 6.74. The van der Waals surface area contributed by atoms with Crippen molar-refractivity contribution < 1.29 is 9.53 Å². The van der Waals surface area contributed by atoms with E-state index in [4.69, 9.17) is 4.74 Å². The van der Waals surface area contributed by atoms with Gasteiger partial charge in [0, 0.05) is 20.1 Å². The van der Waals surface area contributed by atoms with Gasteiger partial charge in [-0.2, -0.15) is 5.26 Å². The number of likely N-dealkylation sites (N-methyl/N-ethyl adjacent to an activating group) is 1. The van der Waals surface area contributed by atoms with Crippen molar-refractivity contribution >= 4 is 17.5 Å². The van der Waals surface area contributed by atoms with Crippen LogP contribution in [-0.2, 0) is 4.74 Å². The number of carbonyl (C=O) groups excluding carboxylic acids is 1. The molecule has 0 atom stereocenters. The van der Waals surface area contributed by atoms with Crippen LogP contribution in [0, 0.1) is 11.3 Å². The van der Waals surface area contributed by atoms with E-state index in [1.54, 1.807) is 17.0 Å². The molecule has 0 fully saturated rings. The first-order valence-corrected chi connectivity index (χ1v) is 6.58. The Hall–Kier alpha value is -2.22. The topological polar surface area (TPSA) is 56.6 Å². The standard InChI is InChI=1S/C15H19N3O2/c1-15(2,3)20-14(19)18-9-8-17(4)13-11(10-16)6-5-7-12(13)18/h5-7H,8-9H2,1-4H3. The number of amides is 1. The number of rotatable bonds is 0. The van der Waals surface area contributed by atoms with Crippen LogP contribution in [0.25, 0.3) is 0 Å². The molecule has 20 heavy (non-hydrogen) atoms. The summed E-state index contributed by atoms with van der Waals surface area (Å²) in [5.41, 5.74) is 1.55. The summed E-state index contributed by atoms with van der Waals surface area (Å²) >= 11 is 0. The van der Waals surface area contributed by atoms with Gasteiger partial charge < -0.3 is 9.64 Å². The molecule has 2 rings (SSSR count). The van der Waals surface area contributed by atoms with E-state index in [9.17, 15) is 10.1 Å². The van der Waals surface area contributed by atoms with Gasteiger partial charge in [0.05, 0.1) is 16.9 Å². The van der Waals surface area contributed by atoms with Crippen molar-refractivity contribution in [3.05, 3.63) is 23.8 Å². The fourth-order valence-corrected chi connectivity index (χ4v) is 2.23.